The lowest BCUT2D eigenvalue weighted by molar-refractivity contribution is 0.00653. The first kappa shape index (κ1) is 20.4. The molecule has 32 heavy (non-hydrogen) atoms. The van der Waals surface area contributed by atoms with Crippen LogP contribution in [-0.4, -0.2) is 52.8 Å². The molecule has 0 spiro atoms. The van der Waals surface area contributed by atoms with Gasteiger partial charge in [-0.1, -0.05) is 72.0 Å². The van der Waals surface area contributed by atoms with Gasteiger partial charge >= 0.3 is 0 Å². The van der Waals surface area contributed by atoms with Crippen molar-refractivity contribution < 1.29 is 9.47 Å². The number of fused-ring (bicyclic) bond motifs is 1. The number of nitrogens with zero attached hydrogens (tertiary/aromatic N) is 4. The van der Waals surface area contributed by atoms with Gasteiger partial charge in [0.25, 0.3) is 0 Å². The van der Waals surface area contributed by atoms with Gasteiger partial charge in [-0.2, -0.15) is 0 Å². The molecule has 1 aliphatic heterocycles. The largest absolute Gasteiger partial charge is 0.489 e. The summed E-state index contributed by atoms with van der Waals surface area (Å²) < 4.78 is 13.9. The fourth-order valence-electron chi connectivity index (χ4n) is 4.08. The van der Waals surface area contributed by atoms with Crippen LogP contribution in [0.3, 0.4) is 0 Å². The molecule has 1 aliphatic rings. The van der Waals surface area contributed by atoms with Crippen LogP contribution in [0.2, 0.25) is 0 Å². The van der Waals surface area contributed by atoms with Gasteiger partial charge in [0, 0.05) is 18.7 Å². The molecule has 1 aromatic heterocycles. The van der Waals surface area contributed by atoms with Gasteiger partial charge in [-0.3, -0.25) is 4.90 Å². The summed E-state index contributed by atoms with van der Waals surface area (Å²) in [6, 6.07) is 26.5. The number of benzene rings is 3. The molecular formula is C26H26N4O2. The first-order chi connectivity index (χ1) is 15.9. The van der Waals surface area contributed by atoms with Gasteiger partial charge in [0.15, 0.2) is 0 Å². The van der Waals surface area contributed by atoms with E-state index in [4.69, 9.17) is 9.47 Å². The maximum atomic E-state index is 6.23. The van der Waals surface area contributed by atoms with Crippen LogP contribution in [0.15, 0.2) is 84.9 Å². The summed E-state index contributed by atoms with van der Waals surface area (Å²) in [5.74, 6) is 0.848. The van der Waals surface area contributed by atoms with E-state index < -0.39 is 0 Å². The van der Waals surface area contributed by atoms with Crippen molar-refractivity contribution in [3.8, 4) is 5.75 Å². The fraction of sp³-hybridized carbons (Fsp3) is 0.231. The Morgan fingerprint density at radius 2 is 1.66 bits per heavy atom. The van der Waals surface area contributed by atoms with Crippen molar-refractivity contribution >= 4 is 17.1 Å². The maximum Gasteiger partial charge on any atom is 0.136 e. The number of rotatable bonds is 7. The van der Waals surface area contributed by atoms with Gasteiger partial charge in [-0.25, -0.2) is 4.68 Å². The Morgan fingerprint density at radius 3 is 2.53 bits per heavy atom. The SMILES string of the molecule is C(=C\c1ccccc1)/COc1ccccc1C(N1CCOCC1)n1nnc2ccccc21. The molecule has 0 bridgehead atoms. The molecule has 3 aromatic carbocycles. The van der Waals surface area contributed by atoms with E-state index >= 15 is 0 Å². The standard InChI is InChI=1S/C26H26N4O2/c1-2-9-21(10-3-1)11-8-18-32-25-15-7-4-12-22(25)26(29-16-19-31-20-17-29)30-24-14-6-5-13-23(24)27-28-30/h1-15,26H,16-20H2/b11-8+. The Kier molecular flexibility index (Phi) is 6.23. The Hall–Kier alpha value is -3.48. The third-order valence-corrected chi connectivity index (χ3v) is 5.64. The molecule has 5 rings (SSSR count). The van der Waals surface area contributed by atoms with E-state index in [0.717, 1.165) is 41.0 Å². The quantitative estimate of drug-likeness (QED) is 0.438. The van der Waals surface area contributed by atoms with Crippen LogP contribution in [0.25, 0.3) is 17.1 Å². The summed E-state index contributed by atoms with van der Waals surface area (Å²) >= 11 is 0. The van der Waals surface area contributed by atoms with Crippen LogP contribution in [0, 0.1) is 0 Å². The summed E-state index contributed by atoms with van der Waals surface area (Å²) in [6.07, 6.45) is 3.99. The molecule has 2 heterocycles. The van der Waals surface area contributed by atoms with Crippen LogP contribution in [0.1, 0.15) is 17.3 Å². The topological polar surface area (TPSA) is 52.4 Å². The Bertz CT molecular complexity index is 1180. The monoisotopic (exact) mass is 426 g/mol. The molecule has 0 aliphatic carbocycles. The third-order valence-electron chi connectivity index (χ3n) is 5.64. The van der Waals surface area contributed by atoms with E-state index in [1.54, 1.807) is 0 Å². The predicted molar refractivity (Wildman–Crippen MR) is 125 cm³/mol. The molecule has 0 radical (unpaired) electrons. The molecule has 0 N–H and O–H groups in total. The summed E-state index contributed by atoms with van der Waals surface area (Å²) in [6.45, 7) is 3.53. The van der Waals surface area contributed by atoms with Crippen LogP contribution < -0.4 is 4.74 Å². The average Bonchev–Trinajstić information content (AvgIpc) is 3.28. The van der Waals surface area contributed by atoms with Crippen molar-refractivity contribution in [2.75, 3.05) is 32.9 Å². The van der Waals surface area contributed by atoms with Gasteiger partial charge in [-0.05, 0) is 29.8 Å². The molecule has 6 heteroatoms. The molecule has 6 nitrogen and oxygen atoms in total. The lowest BCUT2D eigenvalue weighted by Crippen LogP contribution is -2.42. The van der Waals surface area contributed by atoms with Crippen molar-refractivity contribution in [3.05, 3.63) is 96.1 Å². The number of hydrogen-bond donors (Lipinski definition) is 0. The number of ether oxygens (including phenoxy) is 2. The first-order valence-corrected chi connectivity index (χ1v) is 11.0. The second kappa shape index (κ2) is 9.77. The van der Waals surface area contributed by atoms with Gasteiger partial charge in [0.2, 0.25) is 0 Å². The van der Waals surface area contributed by atoms with E-state index in [2.05, 4.69) is 51.6 Å². The maximum absolute atomic E-state index is 6.23. The van der Waals surface area contributed by atoms with Crippen molar-refractivity contribution in [3.63, 3.8) is 0 Å². The zero-order valence-electron chi connectivity index (χ0n) is 17.9. The molecule has 1 saturated heterocycles. The van der Waals surface area contributed by atoms with Crippen LogP contribution in [0.5, 0.6) is 5.75 Å². The van der Waals surface area contributed by atoms with Crippen molar-refractivity contribution in [1.82, 2.24) is 19.9 Å². The van der Waals surface area contributed by atoms with Crippen molar-refractivity contribution in [2.24, 2.45) is 0 Å². The van der Waals surface area contributed by atoms with Gasteiger partial charge in [0.05, 0.1) is 18.7 Å². The highest BCUT2D eigenvalue weighted by Gasteiger charge is 2.29. The summed E-state index contributed by atoms with van der Waals surface area (Å²) in [5.41, 5.74) is 4.11. The lowest BCUT2D eigenvalue weighted by Gasteiger charge is -2.35. The first-order valence-electron chi connectivity index (χ1n) is 11.0. The molecule has 0 amide bonds. The zero-order chi connectivity index (χ0) is 21.6. The highest BCUT2D eigenvalue weighted by molar-refractivity contribution is 5.74. The van der Waals surface area contributed by atoms with Gasteiger partial charge in [-0.15, -0.1) is 5.10 Å². The van der Waals surface area contributed by atoms with E-state index in [-0.39, 0.29) is 6.17 Å². The minimum atomic E-state index is -0.124. The van der Waals surface area contributed by atoms with Crippen molar-refractivity contribution in [1.29, 1.82) is 0 Å². The van der Waals surface area contributed by atoms with Crippen LogP contribution >= 0.6 is 0 Å². The van der Waals surface area contributed by atoms with Crippen LogP contribution in [0.4, 0.5) is 0 Å². The second-order valence-corrected chi connectivity index (χ2v) is 7.71. The molecule has 162 valence electrons. The number of morpholine rings is 1. The van der Waals surface area contributed by atoms with E-state index in [9.17, 15) is 0 Å². The Balaban J connectivity index is 1.46. The molecule has 4 aromatic rings. The smallest absolute Gasteiger partial charge is 0.136 e. The summed E-state index contributed by atoms with van der Waals surface area (Å²) in [7, 11) is 0. The Morgan fingerprint density at radius 1 is 0.906 bits per heavy atom. The normalized spacial score (nSPS) is 15.9. The number of aromatic nitrogens is 3. The molecule has 0 saturated carbocycles. The molecule has 1 atom stereocenters. The summed E-state index contributed by atoms with van der Waals surface area (Å²) in [5, 5.41) is 8.94. The van der Waals surface area contributed by atoms with E-state index in [1.165, 1.54) is 0 Å². The fourth-order valence-corrected chi connectivity index (χ4v) is 4.08. The minimum absolute atomic E-state index is 0.124. The number of hydrogen-bond acceptors (Lipinski definition) is 5. The average molecular weight is 427 g/mol. The minimum Gasteiger partial charge on any atom is -0.489 e. The summed E-state index contributed by atoms with van der Waals surface area (Å²) in [4.78, 5) is 2.38. The third kappa shape index (κ3) is 4.42. The van der Waals surface area contributed by atoms with Gasteiger partial charge in [0.1, 0.15) is 24.0 Å². The highest BCUT2D eigenvalue weighted by Crippen LogP contribution is 2.33. The second-order valence-electron chi connectivity index (χ2n) is 7.71. The zero-order valence-corrected chi connectivity index (χ0v) is 17.9. The lowest BCUT2D eigenvalue weighted by atomic mass is 10.1. The highest BCUT2D eigenvalue weighted by atomic mass is 16.5. The molecule has 1 unspecified atom stereocenters. The Labute approximate surface area is 187 Å². The number of para-hydroxylation sites is 2. The van der Waals surface area contributed by atoms with Gasteiger partial charge < -0.3 is 9.47 Å². The van der Waals surface area contributed by atoms with E-state index in [0.29, 0.717) is 19.8 Å². The predicted octanol–water partition coefficient (Wildman–Crippen LogP) is 4.40. The molecule has 1 fully saturated rings. The van der Waals surface area contributed by atoms with E-state index in [1.807, 2.05) is 59.3 Å². The molecular weight excluding hydrogens is 400 g/mol. The van der Waals surface area contributed by atoms with Crippen LogP contribution in [-0.2, 0) is 4.74 Å². The van der Waals surface area contributed by atoms with Crippen molar-refractivity contribution in [2.45, 2.75) is 6.17 Å².